The van der Waals surface area contributed by atoms with E-state index in [2.05, 4.69) is 17.6 Å². The lowest BCUT2D eigenvalue weighted by atomic mass is 10.6. The minimum Gasteiger partial charge on any atom is -0.374 e. The molecule has 68 valence electrons. The van der Waals surface area contributed by atoms with Gasteiger partial charge in [0.05, 0.1) is 7.11 Å². The zero-order valence-corrected chi connectivity index (χ0v) is 7.29. The molecule has 0 unspecified atom stereocenters. The van der Waals surface area contributed by atoms with Crippen molar-refractivity contribution < 1.29 is 9.59 Å². The lowest BCUT2D eigenvalue weighted by Crippen LogP contribution is -2.08. The second kappa shape index (κ2) is 12.6. The minimum absolute atomic E-state index is 0. The maximum atomic E-state index is 4.60. The van der Waals surface area contributed by atoms with E-state index in [0.717, 1.165) is 0 Å². The Morgan fingerprint density at radius 2 is 1.18 bits per heavy atom. The highest BCUT2D eigenvalue weighted by Gasteiger charge is 1.71. The molecule has 0 saturated heterocycles. The first-order chi connectivity index (χ1) is 4.54. The van der Waals surface area contributed by atoms with Crippen molar-refractivity contribution in [1.29, 1.82) is 0 Å². The molecule has 0 rings (SSSR count). The fourth-order valence-corrected chi connectivity index (χ4v) is 0. The summed E-state index contributed by atoms with van der Waals surface area (Å²) in [5.74, 6) is 0. The van der Waals surface area contributed by atoms with E-state index in [1.54, 1.807) is 26.3 Å². The van der Waals surface area contributed by atoms with Gasteiger partial charge in [-0.2, -0.15) is 5.06 Å². The molecule has 0 aliphatic carbocycles. The van der Waals surface area contributed by atoms with E-state index in [1.165, 1.54) is 5.06 Å². The third kappa shape index (κ3) is 40.6. The molecule has 5 heteroatoms. The van der Waals surface area contributed by atoms with Gasteiger partial charge in [0.25, 0.3) is 0 Å². The van der Waals surface area contributed by atoms with Gasteiger partial charge < -0.3 is 9.59 Å². The Bertz CT molecular complexity index is 54.5. The first-order valence-corrected chi connectivity index (χ1v) is 2.80. The number of hydrogen-bond donors (Lipinski definition) is 0. The quantitative estimate of drug-likeness (QED) is 0.431. The fraction of sp³-hybridized carbons (Fsp3) is 1.00. The minimum atomic E-state index is 0. The molecule has 0 amide bonds. The molecule has 0 fully saturated rings. The fourth-order valence-electron chi connectivity index (χ4n) is 0. The summed E-state index contributed by atoms with van der Waals surface area (Å²) >= 11 is 0. The highest BCUT2D eigenvalue weighted by Crippen LogP contribution is 1.64. The summed E-state index contributed by atoms with van der Waals surface area (Å²) in [4.78, 5) is 4.58. The van der Waals surface area contributed by atoms with Crippen LogP contribution in [0.2, 0.25) is 0 Å². The molecule has 0 aliphatic rings. The Morgan fingerprint density at radius 3 is 1.18 bits per heavy atom. The van der Waals surface area contributed by atoms with Gasteiger partial charge in [-0.3, -0.25) is 0 Å². The molecule has 0 heterocycles. The van der Waals surface area contributed by atoms with Gasteiger partial charge in [0.2, 0.25) is 0 Å². The van der Waals surface area contributed by atoms with Crippen LogP contribution >= 0.6 is 0 Å². The van der Waals surface area contributed by atoms with Gasteiger partial charge in [-0.05, 0) is 0 Å². The zero-order chi connectivity index (χ0) is 8.57. The van der Waals surface area contributed by atoms with Crippen LogP contribution < -0.4 is 0 Å². The number of hydrogen-bond acceptors (Lipinski definition) is 4. The normalized spacial score (nSPS) is 8.64. The zero-order valence-electron chi connectivity index (χ0n) is 7.29. The van der Waals surface area contributed by atoms with Crippen molar-refractivity contribution in [1.82, 2.24) is 10.1 Å². The van der Waals surface area contributed by atoms with Crippen molar-refractivity contribution in [2.75, 3.05) is 35.3 Å². The average molecular weight is 162 g/mol. The smallest absolute Gasteiger partial charge is 0.317 e. The van der Waals surface area contributed by atoms with E-state index >= 15 is 0 Å². The summed E-state index contributed by atoms with van der Waals surface area (Å²) < 4.78 is 4.08. The molecule has 0 aliphatic heterocycles. The SMILES string of the molecule is C.CON(C)C.[B]ON(C)C. The summed E-state index contributed by atoms with van der Waals surface area (Å²) in [6, 6.07) is 0. The van der Waals surface area contributed by atoms with Crippen LogP contribution in [-0.2, 0) is 9.59 Å². The molecular weight excluding hydrogens is 143 g/mol. The standard InChI is InChI=1S/C3H9NO.C2H6BNO.CH4/c2*1-4(2)5-3;/h1-3H3;1-2H3;1H4. The second-order valence-electron chi connectivity index (χ2n) is 1.91. The molecule has 0 spiro atoms. The highest BCUT2D eigenvalue weighted by molar-refractivity contribution is 5.97. The average Bonchev–Trinajstić information content (AvgIpc) is 1.89. The topological polar surface area (TPSA) is 24.9 Å². The summed E-state index contributed by atoms with van der Waals surface area (Å²) in [7, 11) is 13.3. The molecule has 0 aromatic carbocycles. The van der Waals surface area contributed by atoms with Crippen LogP contribution in [0, 0.1) is 0 Å². The Morgan fingerprint density at radius 1 is 1.00 bits per heavy atom. The van der Waals surface area contributed by atoms with E-state index in [1.807, 2.05) is 14.1 Å². The van der Waals surface area contributed by atoms with Gasteiger partial charge in [-0.15, -0.1) is 0 Å². The van der Waals surface area contributed by atoms with Crippen LogP contribution in [0.1, 0.15) is 7.43 Å². The molecular formula is C6H19BN2O2. The lowest BCUT2D eigenvalue weighted by Gasteiger charge is -2.02. The Balaban J connectivity index is -0.000000107. The monoisotopic (exact) mass is 162 g/mol. The lowest BCUT2D eigenvalue weighted by molar-refractivity contribution is -0.0855. The van der Waals surface area contributed by atoms with Gasteiger partial charge in [0.15, 0.2) is 0 Å². The Hall–Kier alpha value is -0.0951. The van der Waals surface area contributed by atoms with E-state index < -0.39 is 0 Å². The van der Waals surface area contributed by atoms with Crippen molar-refractivity contribution in [2.24, 2.45) is 0 Å². The van der Waals surface area contributed by atoms with Crippen molar-refractivity contribution in [2.45, 2.75) is 7.43 Å². The number of hydroxylamine groups is 4. The molecule has 0 N–H and O–H groups in total. The van der Waals surface area contributed by atoms with Crippen LogP contribution in [0.5, 0.6) is 0 Å². The van der Waals surface area contributed by atoms with E-state index in [4.69, 9.17) is 0 Å². The summed E-state index contributed by atoms with van der Waals surface area (Å²) in [6.45, 7) is 0. The molecule has 0 aromatic heterocycles. The van der Waals surface area contributed by atoms with Crippen molar-refractivity contribution >= 4 is 8.05 Å². The van der Waals surface area contributed by atoms with E-state index in [9.17, 15) is 0 Å². The molecule has 0 bridgehead atoms. The van der Waals surface area contributed by atoms with Crippen molar-refractivity contribution in [3.8, 4) is 0 Å². The predicted molar refractivity (Wildman–Crippen MR) is 48.0 cm³/mol. The van der Waals surface area contributed by atoms with Crippen LogP contribution in [-0.4, -0.2) is 53.5 Å². The molecule has 11 heavy (non-hydrogen) atoms. The van der Waals surface area contributed by atoms with Crippen LogP contribution in [0.4, 0.5) is 0 Å². The van der Waals surface area contributed by atoms with Gasteiger partial charge in [0.1, 0.15) is 0 Å². The summed E-state index contributed by atoms with van der Waals surface area (Å²) in [5.41, 5.74) is 0. The molecule has 2 radical (unpaired) electrons. The van der Waals surface area contributed by atoms with Gasteiger partial charge >= 0.3 is 8.05 Å². The summed E-state index contributed by atoms with van der Waals surface area (Å²) in [5, 5.41) is 3.03. The first-order valence-electron chi connectivity index (χ1n) is 2.80. The third-order valence-electron chi connectivity index (χ3n) is 0.576. The number of rotatable bonds is 2. The Labute approximate surface area is 71.4 Å². The van der Waals surface area contributed by atoms with E-state index in [-0.39, 0.29) is 7.43 Å². The maximum absolute atomic E-state index is 4.60. The molecule has 0 saturated carbocycles. The first kappa shape index (κ1) is 17.1. The van der Waals surface area contributed by atoms with Crippen molar-refractivity contribution in [3.05, 3.63) is 0 Å². The maximum Gasteiger partial charge on any atom is 0.317 e. The van der Waals surface area contributed by atoms with Gasteiger partial charge in [-0.1, -0.05) is 7.43 Å². The van der Waals surface area contributed by atoms with Crippen LogP contribution in [0.25, 0.3) is 0 Å². The van der Waals surface area contributed by atoms with Gasteiger partial charge in [-0.25, -0.2) is 5.06 Å². The number of nitrogens with zero attached hydrogens (tertiary/aromatic N) is 2. The van der Waals surface area contributed by atoms with Crippen LogP contribution in [0.15, 0.2) is 0 Å². The molecule has 0 aromatic rings. The van der Waals surface area contributed by atoms with E-state index in [0.29, 0.717) is 0 Å². The van der Waals surface area contributed by atoms with Crippen molar-refractivity contribution in [3.63, 3.8) is 0 Å². The third-order valence-corrected chi connectivity index (χ3v) is 0.576. The Kier molecular flexibility index (Phi) is 19.6. The molecule has 0 atom stereocenters. The predicted octanol–water partition coefficient (Wildman–Crippen LogP) is 0.309. The highest BCUT2D eigenvalue weighted by atomic mass is 16.7. The summed E-state index contributed by atoms with van der Waals surface area (Å²) in [6.07, 6.45) is 0. The largest absolute Gasteiger partial charge is 0.374 e. The molecule has 4 nitrogen and oxygen atoms in total. The second-order valence-corrected chi connectivity index (χ2v) is 1.91. The van der Waals surface area contributed by atoms with Gasteiger partial charge in [0, 0.05) is 28.2 Å². The van der Waals surface area contributed by atoms with Crippen LogP contribution in [0.3, 0.4) is 0 Å².